The van der Waals surface area contributed by atoms with Crippen LogP contribution in [-0.4, -0.2) is 57.2 Å². The Bertz CT molecular complexity index is 837. The van der Waals surface area contributed by atoms with Crippen LogP contribution in [0.15, 0.2) is 28.8 Å². The van der Waals surface area contributed by atoms with Crippen molar-refractivity contribution in [3.05, 3.63) is 33.7 Å². The number of amides is 2. The molecule has 1 aromatic rings. The number of nitrogens with zero attached hydrogens (tertiary/aromatic N) is 1. The Morgan fingerprint density at radius 2 is 2.22 bits per heavy atom. The van der Waals surface area contributed by atoms with Crippen LogP contribution in [-0.2, 0) is 30.3 Å². The van der Waals surface area contributed by atoms with E-state index in [2.05, 4.69) is 5.32 Å². The third-order valence-electron chi connectivity index (χ3n) is 4.10. The van der Waals surface area contributed by atoms with Crippen LogP contribution in [0.3, 0.4) is 0 Å². The Balaban J connectivity index is 1.76. The maximum Gasteiger partial charge on any atom is 0.352 e. The summed E-state index contributed by atoms with van der Waals surface area (Å²) in [5.74, 6) is -2.79. The molecule has 0 bridgehead atoms. The van der Waals surface area contributed by atoms with Gasteiger partial charge in [-0.3, -0.25) is 25.0 Å². The first-order chi connectivity index (χ1) is 12.7. The number of rotatable bonds is 6. The molecule has 1 aromatic heterocycles. The zero-order valence-corrected chi connectivity index (χ0v) is 15.9. The largest absolute Gasteiger partial charge is 0.477 e. The Hall–Kier alpha value is -2.37. The van der Waals surface area contributed by atoms with E-state index in [1.807, 2.05) is 11.4 Å². The molecule has 1 saturated heterocycles. The van der Waals surface area contributed by atoms with E-state index >= 15 is 0 Å². The van der Waals surface area contributed by atoms with Gasteiger partial charge in [-0.2, -0.15) is 0 Å². The highest BCUT2D eigenvalue weighted by Crippen LogP contribution is 2.43. The van der Waals surface area contributed by atoms with Crippen LogP contribution in [0, 0.1) is 0 Å². The van der Waals surface area contributed by atoms with Crippen LogP contribution < -0.4 is 11.1 Å². The minimum Gasteiger partial charge on any atom is -0.477 e. The highest BCUT2D eigenvalue weighted by molar-refractivity contribution is 8.00. The molecule has 9 nitrogen and oxygen atoms in total. The molecule has 2 aliphatic heterocycles. The predicted molar refractivity (Wildman–Crippen MR) is 97.5 cm³/mol. The first-order valence-electron chi connectivity index (χ1n) is 7.90. The smallest absolute Gasteiger partial charge is 0.352 e. The van der Waals surface area contributed by atoms with E-state index < -0.39 is 34.8 Å². The quantitative estimate of drug-likeness (QED) is 0.334. The van der Waals surface area contributed by atoms with Crippen molar-refractivity contribution in [2.24, 2.45) is 5.73 Å². The van der Waals surface area contributed by atoms with Crippen LogP contribution in [0.4, 0.5) is 0 Å². The molecule has 4 N–H and O–H groups in total. The number of aliphatic carboxylic acids is 1. The maximum atomic E-state index is 12.6. The van der Waals surface area contributed by atoms with Crippen LogP contribution >= 0.6 is 23.1 Å². The lowest BCUT2D eigenvalue weighted by atomic mass is 9.96. The summed E-state index contributed by atoms with van der Waals surface area (Å²) in [7, 11) is 0. The number of thioether (sulfide) groups is 1. The summed E-state index contributed by atoms with van der Waals surface area (Å²) in [6.07, 6.45) is 0.0839. The summed E-state index contributed by atoms with van der Waals surface area (Å²) in [5, 5.41) is 13.1. The van der Waals surface area contributed by atoms with E-state index in [9.17, 15) is 24.3 Å². The van der Waals surface area contributed by atoms with Gasteiger partial charge in [0.25, 0.3) is 5.91 Å². The summed E-state index contributed by atoms with van der Waals surface area (Å²) < 4.78 is 4.87. The summed E-state index contributed by atoms with van der Waals surface area (Å²) >= 11 is 2.62. The van der Waals surface area contributed by atoms with Crippen LogP contribution in [0.5, 0.6) is 0 Å². The molecule has 2 aliphatic rings. The molecule has 0 radical (unpaired) electrons. The molecule has 0 aliphatic carbocycles. The van der Waals surface area contributed by atoms with E-state index in [-0.39, 0.29) is 24.5 Å². The van der Waals surface area contributed by atoms with E-state index in [1.165, 1.54) is 30.0 Å². The number of thiophene rings is 1. The molecular formula is C16H17N3O6S2. The lowest BCUT2D eigenvalue weighted by Crippen LogP contribution is -2.84. The number of carbonyl (C=O) groups is 4. The fourth-order valence-corrected chi connectivity index (χ4v) is 4.96. The van der Waals surface area contributed by atoms with E-state index in [0.29, 0.717) is 5.57 Å². The monoisotopic (exact) mass is 411 g/mol. The Morgan fingerprint density at radius 3 is 2.81 bits per heavy atom. The van der Waals surface area contributed by atoms with Crippen molar-refractivity contribution < 1.29 is 29.0 Å². The second kappa shape index (κ2) is 7.33. The second-order valence-electron chi connectivity index (χ2n) is 6.05. The van der Waals surface area contributed by atoms with Crippen molar-refractivity contribution in [3.8, 4) is 0 Å². The highest BCUT2D eigenvalue weighted by atomic mass is 32.2. The molecule has 3 rings (SSSR count). The molecule has 144 valence electrons. The molecule has 0 unspecified atom stereocenters. The summed E-state index contributed by atoms with van der Waals surface area (Å²) in [5.41, 5.74) is 4.50. The normalized spacial score (nSPS) is 24.1. The molecule has 1 fully saturated rings. The van der Waals surface area contributed by atoms with Gasteiger partial charge >= 0.3 is 11.9 Å². The Morgan fingerprint density at radius 1 is 1.48 bits per heavy atom. The lowest BCUT2D eigenvalue weighted by molar-refractivity contribution is -0.159. The standard InChI is InChI=1S/C16H17N3O6S2/c1-8(20)25-6-9-7-27-15-16(17,14(24)19(15)12(9)13(22)23)18-11(21)5-10-3-2-4-26-10/h2-4,15H,5-7,17H2,1H3,(H,18,21)(H,22,23)/t15-,16+/m1/s1. The molecule has 0 aromatic carbocycles. The Labute approximate surface area is 162 Å². The highest BCUT2D eigenvalue weighted by Gasteiger charge is 2.63. The average molecular weight is 411 g/mol. The molecule has 2 amide bonds. The third kappa shape index (κ3) is 3.57. The van der Waals surface area contributed by atoms with Crippen LogP contribution in [0.2, 0.25) is 0 Å². The van der Waals surface area contributed by atoms with Gasteiger partial charge in [-0.05, 0) is 11.4 Å². The number of carboxylic acid groups (broad SMARTS) is 1. The number of ether oxygens (including phenoxy) is 1. The second-order valence-corrected chi connectivity index (χ2v) is 8.15. The topological polar surface area (TPSA) is 139 Å². The van der Waals surface area contributed by atoms with Gasteiger partial charge in [0, 0.05) is 23.1 Å². The first kappa shape index (κ1) is 19.4. The SMILES string of the molecule is CC(=O)OCC1=C(C(=O)O)N2C(=O)[C@](N)(NC(=O)Cc3cccs3)[C@H]2SC1. The summed E-state index contributed by atoms with van der Waals surface area (Å²) in [6.45, 7) is 0.991. The summed E-state index contributed by atoms with van der Waals surface area (Å²) in [6, 6.07) is 3.61. The van der Waals surface area contributed by atoms with Gasteiger partial charge in [-0.15, -0.1) is 23.1 Å². The predicted octanol–water partition coefficient (Wildman–Crippen LogP) is -0.121. The molecule has 0 spiro atoms. The van der Waals surface area contributed by atoms with Crippen molar-refractivity contribution in [3.63, 3.8) is 0 Å². The van der Waals surface area contributed by atoms with E-state index in [4.69, 9.17) is 10.5 Å². The summed E-state index contributed by atoms with van der Waals surface area (Å²) in [4.78, 5) is 49.4. The van der Waals surface area contributed by atoms with E-state index in [0.717, 1.165) is 9.78 Å². The molecule has 2 atom stereocenters. The van der Waals surface area contributed by atoms with Gasteiger partial charge in [-0.1, -0.05) is 6.07 Å². The molecule has 3 heterocycles. The van der Waals surface area contributed by atoms with Gasteiger partial charge in [-0.25, -0.2) is 4.79 Å². The van der Waals surface area contributed by atoms with Crippen LogP contribution in [0.1, 0.15) is 11.8 Å². The zero-order valence-electron chi connectivity index (χ0n) is 14.3. The van der Waals surface area contributed by atoms with Crippen molar-refractivity contribution in [2.45, 2.75) is 24.4 Å². The van der Waals surface area contributed by atoms with Gasteiger partial charge in [0.15, 0.2) is 0 Å². The molecular weight excluding hydrogens is 394 g/mol. The lowest BCUT2D eigenvalue weighted by Gasteiger charge is -2.55. The van der Waals surface area contributed by atoms with Gasteiger partial charge in [0.2, 0.25) is 11.6 Å². The maximum absolute atomic E-state index is 12.6. The van der Waals surface area contributed by atoms with Crippen LogP contribution in [0.25, 0.3) is 0 Å². The number of hydrogen-bond donors (Lipinski definition) is 3. The number of esters is 1. The average Bonchev–Trinajstić information content (AvgIpc) is 3.11. The number of β-lactam (4-membered cyclic amide) rings is 1. The number of nitrogens with two attached hydrogens (primary N) is 1. The van der Waals surface area contributed by atoms with Crippen molar-refractivity contribution in [2.75, 3.05) is 12.4 Å². The van der Waals surface area contributed by atoms with Gasteiger partial charge < -0.3 is 15.2 Å². The Kier molecular flexibility index (Phi) is 5.27. The first-order valence-corrected chi connectivity index (χ1v) is 9.83. The molecule has 27 heavy (non-hydrogen) atoms. The zero-order chi connectivity index (χ0) is 19.8. The van der Waals surface area contributed by atoms with E-state index in [1.54, 1.807) is 6.07 Å². The fourth-order valence-electron chi connectivity index (χ4n) is 2.91. The van der Waals surface area contributed by atoms with Crippen molar-refractivity contribution >= 4 is 46.9 Å². The van der Waals surface area contributed by atoms with Crippen molar-refractivity contribution in [1.29, 1.82) is 0 Å². The number of nitrogens with one attached hydrogen (secondary N) is 1. The molecule has 11 heteroatoms. The number of carboxylic acids is 1. The number of carbonyl (C=O) groups excluding carboxylic acids is 3. The fraction of sp³-hybridized carbons (Fsp3) is 0.375. The minimum atomic E-state index is -1.67. The number of hydrogen-bond acceptors (Lipinski definition) is 8. The third-order valence-corrected chi connectivity index (χ3v) is 6.39. The number of fused-ring (bicyclic) bond motifs is 1. The van der Waals surface area contributed by atoms with Gasteiger partial charge in [0.1, 0.15) is 17.7 Å². The van der Waals surface area contributed by atoms with Gasteiger partial charge in [0.05, 0.1) is 6.42 Å². The van der Waals surface area contributed by atoms with Crippen molar-refractivity contribution in [1.82, 2.24) is 10.2 Å². The molecule has 0 saturated carbocycles. The minimum absolute atomic E-state index is 0.0839.